The molecule has 0 spiro atoms. The van der Waals surface area contributed by atoms with Crippen LogP contribution in [0, 0.1) is 0 Å². The van der Waals surface area contributed by atoms with Gasteiger partial charge in [0.1, 0.15) is 21.7 Å². The third-order valence-electron chi connectivity index (χ3n) is 5.46. The van der Waals surface area contributed by atoms with Crippen LogP contribution in [0.5, 0.6) is 5.88 Å². The molecule has 1 unspecified atom stereocenters. The molecule has 0 aliphatic heterocycles. The number of nitrogens with two attached hydrogens (primary N) is 1. The lowest BCUT2D eigenvalue weighted by Gasteiger charge is -2.15. The Kier molecular flexibility index (Phi) is 6.42. The molecular formula is C26H22N6O2S. The minimum absolute atomic E-state index is 0.204. The lowest BCUT2D eigenvalue weighted by molar-refractivity contribution is 0.386. The number of aromatic nitrogens is 4. The number of benzene rings is 2. The molecule has 3 aromatic heterocycles. The Hall–Kier alpha value is -4.21. The molecule has 0 fully saturated rings. The third kappa shape index (κ3) is 4.72. The average Bonchev–Trinajstić information content (AvgIpc) is 2.91. The largest absolute Gasteiger partial charge is 0.480 e. The molecule has 0 radical (unpaired) electrons. The molecule has 0 aliphatic carbocycles. The van der Waals surface area contributed by atoms with Gasteiger partial charge in [-0.3, -0.25) is 4.98 Å². The maximum Gasteiger partial charge on any atom is 0.231 e. The predicted molar refractivity (Wildman–Crippen MR) is 137 cm³/mol. The summed E-state index contributed by atoms with van der Waals surface area (Å²) in [5.41, 5.74) is 4.28. The Morgan fingerprint density at radius 3 is 2.51 bits per heavy atom. The Labute approximate surface area is 204 Å². The van der Waals surface area contributed by atoms with Crippen molar-refractivity contribution in [3.8, 4) is 28.4 Å². The van der Waals surface area contributed by atoms with Crippen molar-refractivity contribution in [3.05, 3.63) is 90.9 Å². The van der Waals surface area contributed by atoms with Crippen LogP contribution in [0.25, 0.3) is 33.4 Å². The molecule has 3 N–H and O–H groups in total. The number of nitrogens with one attached hydrogen (secondary N) is 1. The number of hydrogen-bond donors (Lipinski definition) is 2. The number of fused-ring (bicyclic) bond motifs is 1. The highest BCUT2D eigenvalue weighted by Crippen LogP contribution is 2.34. The van der Waals surface area contributed by atoms with Crippen LogP contribution in [0.4, 0.5) is 5.82 Å². The number of anilines is 1. The van der Waals surface area contributed by atoms with Crippen LogP contribution < -0.4 is 15.2 Å². The molecule has 3 heterocycles. The molecule has 0 saturated heterocycles. The zero-order valence-electron chi connectivity index (χ0n) is 18.9. The highest BCUT2D eigenvalue weighted by Gasteiger charge is 2.17. The first-order chi connectivity index (χ1) is 17.1. The molecule has 0 saturated carbocycles. The molecular weight excluding hydrogens is 460 g/mol. The van der Waals surface area contributed by atoms with Crippen LogP contribution in [-0.2, 0) is 17.5 Å². The molecule has 8 nitrogen and oxygen atoms in total. The fraction of sp³-hybridized carbons (Fsp3) is 0.0769. The summed E-state index contributed by atoms with van der Waals surface area (Å²) in [6.45, 7) is 0.481. The predicted octanol–water partition coefficient (Wildman–Crippen LogP) is 4.36. The quantitative estimate of drug-likeness (QED) is 0.354. The first kappa shape index (κ1) is 22.6. The van der Waals surface area contributed by atoms with Gasteiger partial charge in [-0.05, 0) is 35.4 Å². The van der Waals surface area contributed by atoms with Crippen molar-refractivity contribution in [2.75, 3.05) is 12.4 Å². The normalized spacial score (nSPS) is 11.8. The monoisotopic (exact) mass is 482 g/mol. The second kappa shape index (κ2) is 9.96. The molecule has 5 aromatic rings. The third-order valence-corrected chi connectivity index (χ3v) is 6.18. The standard InChI is InChI=1S/C26H22N6O2S/c1-34-26-22(35(27)33)14-18(15-30-26)24-31-21-12-7-11-20(17-8-3-2-4-9-17)23(21)25(32-24)29-16-19-10-5-6-13-28-19/h2-15H,16,27H2,1H3,(H,29,31,32). The Morgan fingerprint density at radius 2 is 1.77 bits per heavy atom. The van der Waals surface area contributed by atoms with Crippen molar-refractivity contribution in [2.24, 2.45) is 5.14 Å². The topological polar surface area (TPSA) is 116 Å². The van der Waals surface area contributed by atoms with E-state index < -0.39 is 11.0 Å². The molecule has 2 aromatic carbocycles. The van der Waals surface area contributed by atoms with Gasteiger partial charge in [0.05, 0.1) is 30.3 Å². The van der Waals surface area contributed by atoms with E-state index in [1.807, 2.05) is 48.5 Å². The van der Waals surface area contributed by atoms with Crippen LogP contribution >= 0.6 is 0 Å². The van der Waals surface area contributed by atoms with E-state index in [1.165, 1.54) is 7.11 Å². The van der Waals surface area contributed by atoms with E-state index in [0.717, 1.165) is 27.7 Å². The van der Waals surface area contributed by atoms with Crippen LogP contribution in [0.1, 0.15) is 5.69 Å². The van der Waals surface area contributed by atoms with Crippen LogP contribution in [0.2, 0.25) is 0 Å². The number of ether oxygens (including phenoxy) is 1. The Bertz CT molecular complexity index is 1510. The smallest absolute Gasteiger partial charge is 0.231 e. The van der Waals surface area contributed by atoms with Crippen LogP contribution in [0.15, 0.2) is 90.1 Å². The minimum atomic E-state index is -1.78. The van der Waals surface area contributed by atoms with Crippen molar-refractivity contribution < 1.29 is 8.95 Å². The van der Waals surface area contributed by atoms with Gasteiger partial charge in [-0.25, -0.2) is 24.3 Å². The van der Waals surface area contributed by atoms with Crippen LogP contribution in [-0.4, -0.2) is 31.3 Å². The maximum atomic E-state index is 12.1. The van der Waals surface area contributed by atoms with Gasteiger partial charge in [-0.2, -0.15) is 0 Å². The Morgan fingerprint density at radius 1 is 0.943 bits per heavy atom. The molecule has 0 amide bonds. The van der Waals surface area contributed by atoms with Gasteiger partial charge in [0.2, 0.25) is 5.88 Å². The number of methoxy groups -OCH3 is 1. The first-order valence-corrected chi connectivity index (χ1v) is 12.1. The summed E-state index contributed by atoms with van der Waals surface area (Å²) >= 11 is 0. The number of hydrogen-bond acceptors (Lipinski definition) is 7. The van der Waals surface area contributed by atoms with Gasteiger partial charge in [0.15, 0.2) is 5.82 Å². The van der Waals surface area contributed by atoms with Gasteiger partial charge < -0.3 is 10.1 Å². The second-order valence-electron chi connectivity index (χ2n) is 7.66. The summed E-state index contributed by atoms with van der Waals surface area (Å²) in [4.78, 5) is 18.6. The van der Waals surface area contributed by atoms with Crippen molar-refractivity contribution in [2.45, 2.75) is 11.4 Å². The van der Waals surface area contributed by atoms with E-state index in [1.54, 1.807) is 18.5 Å². The minimum Gasteiger partial charge on any atom is -0.480 e. The Balaban J connectivity index is 1.68. The summed E-state index contributed by atoms with van der Waals surface area (Å²) in [5, 5.41) is 9.98. The fourth-order valence-electron chi connectivity index (χ4n) is 3.83. The van der Waals surface area contributed by atoms with Gasteiger partial charge in [0.25, 0.3) is 0 Å². The van der Waals surface area contributed by atoms with Crippen LogP contribution in [0.3, 0.4) is 0 Å². The van der Waals surface area contributed by atoms with E-state index in [4.69, 9.17) is 19.8 Å². The lowest BCUT2D eigenvalue weighted by atomic mass is 10.0. The zero-order chi connectivity index (χ0) is 24.2. The van der Waals surface area contributed by atoms with E-state index in [-0.39, 0.29) is 10.8 Å². The highest BCUT2D eigenvalue weighted by atomic mass is 32.2. The molecule has 0 aliphatic rings. The first-order valence-electron chi connectivity index (χ1n) is 10.8. The van der Waals surface area contributed by atoms with Crippen molar-refractivity contribution in [1.29, 1.82) is 0 Å². The lowest BCUT2D eigenvalue weighted by Crippen LogP contribution is -2.08. The second-order valence-corrected chi connectivity index (χ2v) is 8.70. The molecule has 174 valence electrons. The maximum absolute atomic E-state index is 12.1. The molecule has 5 rings (SSSR count). The highest BCUT2D eigenvalue weighted by molar-refractivity contribution is 7.82. The van der Waals surface area contributed by atoms with Gasteiger partial charge in [-0.1, -0.05) is 48.5 Å². The summed E-state index contributed by atoms with van der Waals surface area (Å²) in [5.74, 6) is 1.28. The number of rotatable bonds is 7. The molecule has 1 atom stereocenters. The van der Waals surface area contributed by atoms with E-state index in [0.29, 0.717) is 23.8 Å². The van der Waals surface area contributed by atoms with Gasteiger partial charge >= 0.3 is 0 Å². The van der Waals surface area contributed by atoms with E-state index in [2.05, 4.69) is 33.5 Å². The van der Waals surface area contributed by atoms with Crippen molar-refractivity contribution in [3.63, 3.8) is 0 Å². The summed E-state index contributed by atoms with van der Waals surface area (Å²) in [7, 11) is -0.327. The SMILES string of the molecule is COc1ncc(-c2nc(NCc3ccccn3)c3c(-c4ccccc4)cccc3n2)cc1S(N)=O. The van der Waals surface area contributed by atoms with E-state index in [9.17, 15) is 4.21 Å². The summed E-state index contributed by atoms with van der Waals surface area (Å²) in [6, 6.07) is 23.5. The molecule has 35 heavy (non-hydrogen) atoms. The number of pyridine rings is 2. The summed E-state index contributed by atoms with van der Waals surface area (Å²) in [6.07, 6.45) is 3.34. The van der Waals surface area contributed by atoms with Gasteiger partial charge in [-0.15, -0.1) is 0 Å². The van der Waals surface area contributed by atoms with Crippen molar-refractivity contribution in [1.82, 2.24) is 19.9 Å². The van der Waals surface area contributed by atoms with E-state index >= 15 is 0 Å². The fourth-order valence-corrected chi connectivity index (χ4v) is 4.38. The molecule has 0 bridgehead atoms. The zero-order valence-corrected chi connectivity index (χ0v) is 19.7. The average molecular weight is 483 g/mol. The molecule has 9 heteroatoms. The number of nitrogens with zero attached hydrogens (tertiary/aromatic N) is 4. The summed E-state index contributed by atoms with van der Waals surface area (Å²) < 4.78 is 17.3. The van der Waals surface area contributed by atoms with Crippen molar-refractivity contribution >= 4 is 27.7 Å². The van der Waals surface area contributed by atoms with Gasteiger partial charge in [0, 0.05) is 18.0 Å².